The van der Waals surface area contributed by atoms with E-state index in [-0.39, 0.29) is 12.3 Å². The molecule has 0 radical (unpaired) electrons. The van der Waals surface area contributed by atoms with Crippen molar-refractivity contribution in [3.05, 3.63) is 47.0 Å². The molecule has 0 amide bonds. The Kier molecular flexibility index (Phi) is 3.71. The van der Waals surface area contributed by atoms with Crippen molar-refractivity contribution in [2.75, 3.05) is 0 Å². The average molecular weight is 293 g/mol. The van der Waals surface area contributed by atoms with Crippen LogP contribution in [0.5, 0.6) is 0 Å². The maximum Gasteiger partial charge on any atom is 0.400 e. The first-order valence-corrected chi connectivity index (χ1v) is 7.05. The Balaban J connectivity index is 1.83. The van der Waals surface area contributed by atoms with Crippen LogP contribution in [0, 0.1) is 0 Å². The second kappa shape index (κ2) is 5.52. The molecule has 6 heteroatoms. The molecule has 0 bridgehead atoms. The van der Waals surface area contributed by atoms with Crippen LogP contribution in [0.3, 0.4) is 0 Å². The monoisotopic (exact) mass is 293 g/mol. The van der Waals surface area contributed by atoms with Gasteiger partial charge in [0.15, 0.2) is 0 Å². The van der Waals surface area contributed by atoms with Gasteiger partial charge in [0, 0.05) is 18.8 Å². The van der Waals surface area contributed by atoms with Gasteiger partial charge in [0.1, 0.15) is 5.69 Å². The van der Waals surface area contributed by atoms with Crippen LogP contribution >= 0.6 is 0 Å². The zero-order valence-corrected chi connectivity index (χ0v) is 11.9. The molecule has 0 saturated heterocycles. The van der Waals surface area contributed by atoms with Gasteiger partial charge >= 0.3 is 6.11 Å². The van der Waals surface area contributed by atoms with Crippen molar-refractivity contribution < 1.29 is 13.5 Å². The largest absolute Gasteiger partial charge is 0.400 e. The molecule has 21 heavy (non-hydrogen) atoms. The van der Waals surface area contributed by atoms with Crippen molar-refractivity contribution >= 4 is 0 Å². The highest BCUT2D eigenvalue weighted by Gasteiger charge is 2.40. The normalized spacial score (nSPS) is 15.0. The predicted octanol–water partition coefficient (Wildman–Crippen LogP) is 2.96. The van der Waals surface area contributed by atoms with Gasteiger partial charge in [-0.2, -0.15) is 13.9 Å². The van der Waals surface area contributed by atoms with Crippen LogP contribution in [0.1, 0.15) is 35.5 Å². The third-order valence-corrected chi connectivity index (χ3v) is 3.72. The lowest BCUT2D eigenvalue weighted by molar-refractivity contribution is -0.261. The fourth-order valence-corrected chi connectivity index (χ4v) is 2.76. The Morgan fingerprint density at radius 2 is 2.10 bits per heavy atom. The summed E-state index contributed by atoms with van der Waals surface area (Å²) in [6, 6.07) is 5.14. The second-order valence-electron chi connectivity index (χ2n) is 5.23. The summed E-state index contributed by atoms with van der Waals surface area (Å²) in [5.41, 5.74) is 1.79. The topological polar surface area (TPSA) is 39.9 Å². The Morgan fingerprint density at radius 1 is 1.29 bits per heavy atom. The summed E-state index contributed by atoms with van der Waals surface area (Å²) in [5.74, 6) is 0. The molecule has 2 aromatic rings. The molecule has 0 saturated carbocycles. The van der Waals surface area contributed by atoms with Crippen molar-refractivity contribution in [1.29, 1.82) is 0 Å². The van der Waals surface area contributed by atoms with E-state index in [1.165, 1.54) is 4.68 Å². The summed E-state index contributed by atoms with van der Waals surface area (Å²) in [5, 5.41) is 4.21. The smallest absolute Gasteiger partial charge is 0.309 e. The van der Waals surface area contributed by atoms with E-state index in [4.69, 9.17) is 4.74 Å². The number of rotatable bonds is 4. The Labute approximate surface area is 121 Å². The standard InChI is InChI=1S/C15H17F2N3O/c1-20-14(12-7-2-3-8-13(12)19-20)15(16,17)21-10-11-6-4-5-9-18-11/h4-6,9H,2-3,7-8,10H2,1H3. The van der Waals surface area contributed by atoms with Crippen molar-refractivity contribution in [3.8, 4) is 0 Å². The summed E-state index contributed by atoms with van der Waals surface area (Å²) < 4.78 is 34.9. The highest BCUT2D eigenvalue weighted by Crippen LogP contribution is 2.36. The quantitative estimate of drug-likeness (QED) is 0.870. The number of pyridine rings is 1. The molecule has 0 aromatic carbocycles. The van der Waals surface area contributed by atoms with E-state index in [1.54, 1.807) is 31.4 Å². The van der Waals surface area contributed by atoms with E-state index in [9.17, 15) is 8.78 Å². The predicted molar refractivity (Wildman–Crippen MR) is 72.8 cm³/mol. The molecule has 0 aliphatic heterocycles. The molecular formula is C15H17F2N3O. The lowest BCUT2D eigenvalue weighted by Crippen LogP contribution is -2.24. The van der Waals surface area contributed by atoms with E-state index < -0.39 is 6.11 Å². The number of ether oxygens (including phenoxy) is 1. The highest BCUT2D eigenvalue weighted by molar-refractivity contribution is 5.30. The van der Waals surface area contributed by atoms with Gasteiger partial charge in [0.05, 0.1) is 18.0 Å². The van der Waals surface area contributed by atoms with Crippen LogP contribution in [0.15, 0.2) is 24.4 Å². The maximum atomic E-state index is 14.4. The number of hydrogen-bond donors (Lipinski definition) is 0. The number of aromatic nitrogens is 3. The summed E-state index contributed by atoms with van der Waals surface area (Å²) in [7, 11) is 1.55. The zero-order chi connectivity index (χ0) is 14.9. The maximum absolute atomic E-state index is 14.4. The van der Waals surface area contributed by atoms with E-state index in [0.717, 1.165) is 25.0 Å². The van der Waals surface area contributed by atoms with Gasteiger partial charge in [0.25, 0.3) is 0 Å². The number of halogens is 2. The van der Waals surface area contributed by atoms with E-state index >= 15 is 0 Å². The molecule has 0 spiro atoms. The third kappa shape index (κ3) is 2.81. The van der Waals surface area contributed by atoms with E-state index in [0.29, 0.717) is 17.7 Å². The van der Waals surface area contributed by atoms with E-state index in [1.807, 2.05) is 0 Å². The van der Waals surface area contributed by atoms with Crippen LogP contribution in [0.25, 0.3) is 0 Å². The minimum absolute atomic E-state index is 0.117. The van der Waals surface area contributed by atoms with Crippen LogP contribution in [-0.2, 0) is 37.3 Å². The van der Waals surface area contributed by atoms with Crippen LogP contribution in [0.4, 0.5) is 8.78 Å². The van der Waals surface area contributed by atoms with Gasteiger partial charge in [-0.25, -0.2) is 0 Å². The van der Waals surface area contributed by atoms with Gasteiger partial charge in [0.2, 0.25) is 0 Å². The number of fused-ring (bicyclic) bond motifs is 1. The molecule has 112 valence electrons. The van der Waals surface area contributed by atoms with Crippen molar-refractivity contribution in [2.45, 2.75) is 38.4 Å². The average Bonchev–Trinajstić information content (AvgIpc) is 2.83. The molecule has 2 aromatic heterocycles. The first-order chi connectivity index (χ1) is 10.1. The fraction of sp³-hybridized carbons (Fsp3) is 0.467. The number of alkyl halides is 2. The van der Waals surface area contributed by atoms with Gasteiger partial charge in [-0.15, -0.1) is 0 Å². The van der Waals surface area contributed by atoms with Gasteiger partial charge in [-0.3, -0.25) is 9.67 Å². The third-order valence-electron chi connectivity index (χ3n) is 3.72. The zero-order valence-electron chi connectivity index (χ0n) is 11.9. The van der Waals surface area contributed by atoms with Gasteiger partial charge in [-0.1, -0.05) is 6.07 Å². The highest BCUT2D eigenvalue weighted by atomic mass is 19.3. The minimum atomic E-state index is -3.36. The fourth-order valence-electron chi connectivity index (χ4n) is 2.76. The second-order valence-corrected chi connectivity index (χ2v) is 5.23. The lowest BCUT2D eigenvalue weighted by atomic mass is 9.95. The number of nitrogens with zero attached hydrogens (tertiary/aromatic N) is 3. The van der Waals surface area contributed by atoms with Crippen molar-refractivity contribution in [1.82, 2.24) is 14.8 Å². The van der Waals surface area contributed by atoms with E-state index in [2.05, 4.69) is 10.1 Å². The molecule has 3 rings (SSSR count). The lowest BCUT2D eigenvalue weighted by Gasteiger charge is -2.19. The Morgan fingerprint density at radius 3 is 2.86 bits per heavy atom. The van der Waals surface area contributed by atoms with Crippen LogP contribution < -0.4 is 0 Å². The summed E-state index contributed by atoms with van der Waals surface area (Å²) in [6.07, 6.45) is 1.53. The van der Waals surface area contributed by atoms with Crippen molar-refractivity contribution in [2.24, 2.45) is 7.05 Å². The number of hydrogen-bond acceptors (Lipinski definition) is 3. The SMILES string of the molecule is Cn1nc2c(c1C(F)(F)OCc1ccccn1)CCCC2. The molecule has 0 atom stereocenters. The Bertz CT molecular complexity index is 625. The molecule has 0 unspecified atom stereocenters. The molecule has 0 fully saturated rings. The molecule has 1 aliphatic rings. The van der Waals surface area contributed by atoms with Gasteiger partial charge < -0.3 is 4.74 Å². The summed E-state index contributed by atoms with van der Waals surface area (Å²) in [4.78, 5) is 3.99. The minimum Gasteiger partial charge on any atom is -0.309 e. The van der Waals surface area contributed by atoms with Crippen LogP contribution in [0.2, 0.25) is 0 Å². The van der Waals surface area contributed by atoms with Gasteiger partial charge in [-0.05, 0) is 37.8 Å². The summed E-state index contributed by atoms with van der Waals surface area (Å²) >= 11 is 0. The first-order valence-electron chi connectivity index (χ1n) is 7.05. The molecular weight excluding hydrogens is 276 g/mol. The van der Waals surface area contributed by atoms with Crippen molar-refractivity contribution in [3.63, 3.8) is 0 Å². The number of aryl methyl sites for hydroxylation is 2. The summed E-state index contributed by atoms with van der Waals surface area (Å²) in [6.45, 7) is -0.228. The molecule has 1 aliphatic carbocycles. The Hall–Kier alpha value is -1.82. The molecule has 2 heterocycles. The molecule has 4 nitrogen and oxygen atoms in total. The van der Waals surface area contributed by atoms with Crippen LogP contribution in [-0.4, -0.2) is 14.8 Å². The molecule has 0 N–H and O–H groups in total. The first kappa shape index (κ1) is 14.1.